The number of benzene rings is 1. The van der Waals surface area contributed by atoms with Crippen LogP contribution in [0.5, 0.6) is 0 Å². The molecule has 2 N–H and O–H groups in total. The number of halogens is 2. The third-order valence-electron chi connectivity index (χ3n) is 3.55. The molecule has 0 aliphatic rings. The molecule has 0 fully saturated rings. The summed E-state index contributed by atoms with van der Waals surface area (Å²) in [5, 5.41) is 16.1. The molecule has 26 heavy (non-hydrogen) atoms. The molecule has 0 bridgehead atoms. The van der Waals surface area contributed by atoms with Gasteiger partial charge in [-0.15, -0.1) is 0 Å². The van der Waals surface area contributed by atoms with Gasteiger partial charge in [0.05, 0.1) is 10.5 Å². The van der Waals surface area contributed by atoms with Gasteiger partial charge in [-0.3, -0.25) is 20.2 Å². The van der Waals surface area contributed by atoms with E-state index in [0.717, 1.165) is 5.56 Å². The molecule has 8 nitrogen and oxygen atoms in total. The average Bonchev–Trinajstić information content (AvgIpc) is 2.53. The number of imide groups is 1. The fourth-order valence-electron chi connectivity index (χ4n) is 2.33. The Kier molecular flexibility index (Phi) is 6.12. The minimum atomic E-state index is -0.878. The van der Waals surface area contributed by atoms with Crippen molar-refractivity contribution in [3.8, 4) is 0 Å². The zero-order valence-electron chi connectivity index (χ0n) is 13.8. The predicted molar refractivity (Wildman–Crippen MR) is 96.5 cm³/mol. The summed E-state index contributed by atoms with van der Waals surface area (Å²) in [6.45, 7) is 2.95. The molecule has 1 aromatic heterocycles. The topological polar surface area (TPSA) is 114 Å². The maximum absolute atomic E-state index is 12.3. The van der Waals surface area contributed by atoms with Gasteiger partial charge in [0.2, 0.25) is 0 Å². The number of nitro groups is 1. The van der Waals surface area contributed by atoms with Crippen LogP contribution in [0.2, 0.25) is 10.2 Å². The highest BCUT2D eigenvalue weighted by Gasteiger charge is 2.26. The molecule has 136 valence electrons. The van der Waals surface area contributed by atoms with E-state index in [9.17, 15) is 19.7 Å². The largest absolute Gasteiger partial charge is 0.334 e. The van der Waals surface area contributed by atoms with Crippen molar-refractivity contribution in [2.45, 2.75) is 20.4 Å². The van der Waals surface area contributed by atoms with Crippen molar-refractivity contribution in [1.82, 2.24) is 15.6 Å². The standard InChI is InChI=1S/C16H14Cl2N4O4/c1-8-12(14(18)20-9(2)13(8)22(25)26)15(23)21-16(24)19-7-10-3-5-11(17)6-4-10/h3-6H,7H2,1-2H3,(H2,19,21,23,24). The van der Waals surface area contributed by atoms with Crippen LogP contribution >= 0.6 is 23.2 Å². The first kappa shape index (κ1) is 19.6. The number of aromatic nitrogens is 1. The number of carbonyl (C=O) groups is 2. The number of amides is 3. The van der Waals surface area contributed by atoms with Crippen LogP contribution in [0, 0.1) is 24.0 Å². The molecule has 0 saturated carbocycles. The normalized spacial score (nSPS) is 10.3. The second-order valence-corrected chi connectivity index (χ2v) is 6.15. The monoisotopic (exact) mass is 396 g/mol. The molecule has 1 heterocycles. The fraction of sp³-hybridized carbons (Fsp3) is 0.188. The van der Waals surface area contributed by atoms with Gasteiger partial charge in [-0.1, -0.05) is 35.3 Å². The number of carbonyl (C=O) groups excluding carboxylic acids is 2. The molecule has 2 aromatic rings. The summed E-state index contributed by atoms with van der Waals surface area (Å²) in [6, 6.07) is 6.00. The number of nitrogens with one attached hydrogen (secondary N) is 2. The highest BCUT2D eigenvalue weighted by Crippen LogP contribution is 2.29. The maximum Gasteiger partial charge on any atom is 0.321 e. The first-order chi connectivity index (χ1) is 12.2. The second kappa shape index (κ2) is 8.11. The van der Waals surface area contributed by atoms with Gasteiger partial charge in [0, 0.05) is 17.1 Å². The van der Waals surface area contributed by atoms with E-state index in [1.165, 1.54) is 13.8 Å². The molecule has 0 spiro atoms. The second-order valence-electron chi connectivity index (χ2n) is 5.36. The van der Waals surface area contributed by atoms with E-state index < -0.39 is 16.9 Å². The van der Waals surface area contributed by atoms with Crippen molar-refractivity contribution in [1.29, 1.82) is 0 Å². The highest BCUT2D eigenvalue weighted by molar-refractivity contribution is 6.33. The number of pyridine rings is 1. The molecule has 2 rings (SSSR count). The van der Waals surface area contributed by atoms with Crippen LogP contribution in [0.1, 0.15) is 27.2 Å². The van der Waals surface area contributed by atoms with Gasteiger partial charge in [0.1, 0.15) is 10.8 Å². The van der Waals surface area contributed by atoms with Crippen molar-refractivity contribution < 1.29 is 14.5 Å². The van der Waals surface area contributed by atoms with Crippen molar-refractivity contribution in [3.63, 3.8) is 0 Å². The minimum Gasteiger partial charge on any atom is -0.334 e. The molecule has 0 saturated heterocycles. The Hall–Kier alpha value is -2.71. The van der Waals surface area contributed by atoms with Crippen molar-refractivity contribution >= 4 is 40.8 Å². The first-order valence-electron chi connectivity index (χ1n) is 7.35. The van der Waals surface area contributed by atoms with E-state index in [1.54, 1.807) is 24.3 Å². The van der Waals surface area contributed by atoms with Crippen LogP contribution in [-0.2, 0) is 6.54 Å². The minimum absolute atomic E-state index is 0.0375. The van der Waals surface area contributed by atoms with Gasteiger partial charge >= 0.3 is 6.03 Å². The van der Waals surface area contributed by atoms with Crippen molar-refractivity contribution in [2.24, 2.45) is 0 Å². The van der Waals surface area contributed by atoms with Gasteiger partial charge in [-0.25, -0.2) is 9.78 Å². The molecule has 1 aromatic carbocycles. The third-order valence-corrected chi connectivity index (χ3v) is 4.07. The summed E-state index contributed by atoms with van der Waals surface area (Å²) in [5.41, 5.74) is 0.363. The molecule has 0 aliphatic heterocycles. The predicted octanol–water partition coefficient (Wildman–Crippen LogP) is 3.55. The molecular formula is C16H14Cl2N4O4. The summed E-state index contributed by atoms with van der Waals surface area (Å²) in [6.07, 6.45) is 0. The van der Waals surface area contributed by atoms with Gasteiger partial charge in [-0.2, -0.15) is 0 Å². The van der Waals surface area contributed by atoms with E-state index in [0.29, 0.717) is 5.02 Å². The zero-order valence-corrected chi connectivity index (χ0v) is 15.3. The Bertz CT molecular complexity index is 885. The molecule has 10 heteroatoms. The lowest BCUT2D eigenvalue weighted by Crippen LogP contribution is -2.39. The van der Waals surface area contributed by atoms with Crippen LogP contribution in [0.15, 0.2) is 24.3 Å². The quantitative estimate of drug-likeness (QED) is 0.465. The SMILES string of the molecule is Cc1nc(Cl)c(C(=O)NC(=O)NCc2ccc(Cl)cc2)c(C)c1[N+](=O)[O-]. The van der Waals surface area contributed by atoms with Gasteiger partial charge in [0.25, 0.3) is 11.6 Å². The first-order valence-corrected chi connectivity index (χ1v) is 8.11. The summed E-state index contributed by atoms with van der Waals surface area (Å²) < 4.78 is 0. The molecule has 0 radical (unpaired) electrons. The lowest BCUT2D eigenvalue weighted by molar-refractivity contribution is -0.386. The number of hydrogen-bond donors (Lipinski definition) is 2. The molecule has 3 amide bonds. The Morgan fingerprint density at radius 2 is 1.81 bits per heavy atom. The van der Waals surface area contributed by atoms with E-state index in [-0.39, 0.29) is 34.2 Å². The molecule has 0 aliphatic carbocycles. The molecular weight excluding hydrogens is 383 g/mol. The smallest absolute Gasteiger partial charge is 0.321 e. The Labute approximate surface area is 158 Å². The fourth-order valence-corrected chi connectivity index (χ4v) is 2.81. The summed E-state index contributed by atoms with van der Waals surface area (Å²) >= 11 is 11.7. The highest BCUT2D eigenvalue weighted by atomic mass is 35.5. The van der Waals surface area contributed by atoms with Gasteiger partial charge < -0.3 is 5.32 Å². The van der Waals surface area contributed by atoms with Gasteiger partial charge in [-0.05, 0) is 31.5 Å². The van der Waals surface area contributed by atoms with Crippen LogP contribution in [0.25, 0.3) is 0 Å². The van der Waals surface area contributed by atoms with E-state index in [2.05, 4.69) is 15.6 Å². The van der Waals surface area contributed by atoms with E-state index in [4.69, 9.17) is 23.2 Å². The summed E-state index contributed by atoms with van der Waals surface area (Å²) in [5.74, 6) is -0.878. The number of rotatable bonds is 4. The molecule has 0 atom stereocenters. The lowest BCUT2D eigenvalue weighted by Gasteiger charge is -2.11. The Morgan fingerprint density at radius 3 is 2.38 bits per heavy atom. The van der Waals surface area contributed by atoms with Gasteiger partial charge in [0.15, 0.2) is 0 Å². The molecule has 0 unspecified atom stereocenters. The number of aryl methyl sites for hydroxylation is 1. The maximum atomic E-state index is 12.3. The lowest BCUT2D eigenvalue weighted by atomic mass is 10.1. The van der Waals surface area contributed by atoms with E-state index in [1.807, 2.05) is 0 Å². The Morgan fingerprint density at radius 1 is 1.19 bits per heavy atom. The van der Waals surface area contributed by atoms with Crippen LogP contribution in [0.3, 0.4) is 0 Å². The number of hydrogen-bond acceptors (Lipinski definition) is 5. The third kappa shape index (κ3) is 4.47. The van der Waals surface area contributed by atoms with E-state index >= 15 is 0 Å². The average molecular weight is 397 g/mol. The van der Waals surface area contributed by atoms with Crippen LogP contribution in [0.4, 0.5) is 10.5 Å². The Balaban J connectivity index is 2.12. The van der Waals surface area contributed by atoms with Crippen molar-refractivity contribution in [2.75, 3.05) is 0 Å². The summed E-state index contributed by atoms with van der Waals surface area (Å²) in [7, 11) is 0. The number of nitrogens with zero attached hydrogens (tertiary/aromatic N) is 2. The van der Waals surface area contributed by atoms with Crippen LogP contribution in [-0.4, -0.2) is 21.8 Å². The number of urea groups is 1. The summed E-state index contributed by atoms with van der Waals surface area (Å²) in [4.78, 5) is 38.5. The van der Waals surface area contributed by atoms with Crippen molar-refractivity contribution in [3.05, 3.63) is 66.9 Å². The zero-order chi connectivity index (χ0) is 19.4. The van der Waals surface area contributed by atoms with Crippen LogP contribution < -0.4 is 10.6 Å².